The quantitative estimate of drug-likeness (QED) is 0.729. The molecule has 4 nitrogen and oxygen atoms in total. The molecule has 100 valence electrons. The van der Waals surface area contributed by atoms with E-state index in [1.807, 2.05) is 12.3 Å². The molecule has 1 atom stereocenters. The first-order valence-corrected chi connectivity index (χ1v) is 6.61. The average Bonchev–Trinajstić information content (AvgIpc) is 3.16. The number of nitrogens with zero attached hydrogens (tertiary/aromatic N) is 1. The number of ether oxygens (including phenoxy) is 1. The van der Waals surface area contributed by atoms with Crippen LogP contribution in [-0.4, -0.2) is 36.0 Å². The summed E-state index contributed by atoms with van der Waals surface area (Å²) in [5.74, 6) is 0.753. The Bertz CT molecular complexity index is 367. The van der Waals surface area contributed by atoms with Crippen LogP contribution >= 0.6 is 0 Å². The Kier molecular flexibility index (Phi) is 5.11. The van der Waals surface area contributed by atoms with Gasteiger partial charge in [-0.1, -0.05) is 0 Å². The SMILES string of the molecule is Cc1ccncc1CNCC(O)COCC1CC1. The highest BCUT2D eigenvalue weighted by atomic mass is 16.5. The minimum absolute atomic E-state index is 0.426. The fourth-order valence-electron chi connectivity index (χ4n) is 1.77. The second-order valence-electron chi connectivity index (χ2n) is 5.07. The van der Waals surface area contributed by atoms with Crippen molar-refractivity contribution in [3.63, 3.8) is 0 Å². The van der Waals surface area contributed by atoms with E-state index in [0.29, 0.717) is 13.2 Å². The van der Waals surface area contributed by atoms with Gasteiger partial charge in [0.1, 0.15) is 0 Å². The number of nitrogens with one attached hydrogen (secondary N) is 1. The maximum atomic E-state index is 9.73. The summed E-state index contributed by atoms with van der Waals surface area (Å²) in [6.45, 7) is 4.58. The van der Waals surface area contributed by atoms with E-state index in [0.717, 1.165) is 19.1 Å². The minimum Gasteiger partial charge on any atom is -0.389 e. The highest BCUT2D eigenvalue weighted by molar-refractivity contribution is 5.20. The van der Waals surface area contributed by atoms with Crippen molar-refractivity contribution < 1.29 is 9.84 Å². The third-order valence-electron chi connectivity index (χ3n) is 3.20. The second kappa shape index (κ2) is 6.83. The molecular weight excluding hydrogens is 228 g/mol. The van der Waals surface area contributed by atoms with Gasteiger partial charge in [0.2, 0.25) is 0 Å². The molecule has 0 saturated heterocycles. The molecule has 2 N–H and O–H groups in total. The molecule has 0 bridgehead atoms. The normalized spacial score (nSPS) is 16.8. The van der Waals surface area contributed by atoms with Crippen LogP contribution < -0.4 is 5.32 Å². The Hall–Kier alpha value is -0.970. The zero-order valence-corrected chi connectivity index (χ0v) is 10.9. The van der Waals surface area contributed by atoms with Gasteiger partial charge in [0.25, 0.3) is 0 Å². The van der Waals surface area contributed by atoms with Crippen molar-refractivity contribution in [1.82, 2.24) is 10.3 Å². The van der Waals surface area contributed by atoms with Crippen LogP contribution in [0.15, 0.2) is 18.5 Å². The van der Waals surface area contributed by atoms with Gasteiger partial charge >= 0.3 is 0 Å². The molecule has 0 radical (unpaired) electrons. The molecule has 1 saturated carbocycles. The highest BCUT2D eigenvalue weighted by Crippen LogP contribution is 2.28. The third kappa shape index (κ3) is 4.72. The number of aliphatic hydroxyl groups is 1. The smallest absolute Gasteiger partial charge is 0.0897 e. The molecule has 1 aromatic rings. The summed E-state index contributed by atoms with van der Waals surface area (Å²) in [4.78, 5) is 4.09. The van der Waals surface area contributed by atoms with Crippen molar-refractivity contribution in [2.75, 3.05) is 19.8 Å². The van der Waals surface area contributed by atoms with Crippen LogP contribution in [0.5, 0.6) is 0 Å². The average molecular weight is 250 g/mol. The molecule has 1 heterocycles. The van der Waals surface area contributed by atoms with Crippen molar-refractivity contribution in [3.8, 4) is 0 Å². The van der Waals surface area contributed by atoms with Crippen molar-refractivity contribution in [3.05, 3.63) is 29.6 Å². The first-order valence-electron chi connectivity index (χ1n) is 6.61. The first kappa shape index (κ1) is 13.5. The molecule has 1 fully saturated rings. The minimum atomic E-state index is -0.430. The summed E-state index contributed by atoms with van der Waals surface area (Å²) in [5, 5.41) is 13.0. The van der Waals surface area contributed by atoms with E-state index in [4.69, 9.17) is 4.74 Å². The lowest BCUT2D eigenvalue weighted by Crippen LogP contribution is -2.30. The fourth-order valence-corrected chi connectivity index (χ4v) is 1.77. The summed E-state index contributed by atoms with van der Waals surface area (Å²) >= 11 is 0. The van der Waals surface area contributed by atoms with E-state index >= 15 is 0 Å². The van der Waals surface area contributed by atoms with Crippen LogP contribution in [-0.2, 0) is 11.3 Å². The van der Waals surface area contributed by atoms with Crippen LogP contribution in [0.2, 0.25) is 0 Å². The number of pyridine rings is 1. The van der Waals surface area contributed by atoms with Gasteiger partial charge in [-0.3, -0.25) is 4.98 Å². The van der Waals surface area contributed by atoms with E-state index in [1.165, 1.54) is 24.0 Å². The molecule has 0 aliphatic heterocycles. The molecule has 4 heteroatoms. The van der Waals surface area contributed by atoms with Gasteiger partial charge in [0, 0.05) is 32.1 Å². The summed E-state index contributed by atoms with van der Waals surface area (Å²) in [7, 11) is 0. The van der Waals surface area contributed by atoms with E-state index in [1.54, 1.807) is 6.20 Å². The lowest BCUT2D eigenvalue weighted by molar-refractivity contribution is 0.0324. The molecule has 2 rings (SSSR count). The van der Waals surface area contributed by atoms with Crippen LogP contribution in [0.25, 0.3) is 0 Å². The van der Waals surface area contributed by atoms with Crippen LogP contribution in [0.4, 0.5) is 0 Å². The predicted octanol–water partition coefficient (Wildman–Crippen LogP) is 1.27. The molecule has 1 aliphatic rings. The van der Waals surface area contributed by atoms with Gasteiger partial charge in [-0.2, -0.15) is 0 Å². The van der Waals surface area contributed by atoms with Crippen molar-refractivity contribution >= 4 is 0 Å². The van der Waals surface area contributed by atoms with Crippen LogP contribution in [0.3, 0.4) is 0 Å². The summed E-state index contributed by atoms with van der Waals surface area (Å²) in [6, 6.07) is 1.99. The Labute approximate surface area is 108 Å². The second-order valence-corrected chi connectivity index (χ2v) is 5.07. The summed E-state index contributed by atoms with van der Waals surface area (Å²) in [5.41, 5.74) is 2.39. The van der Waals surface area contributed by atoms with Gasteiger partial charge in [0.15, 0.2) is 0 Å². The molecule has 0 spiro atoms. The Balaban J connectivity index is 1.57. The van der Waals surface area contributed by atoms with Crippen molar-refractivity contribution in [2.24, 2.45) is 5.92 Å². The zero-order valence-electron chi connectivity index (χ0n) is 10.9. The van der Waals surface area contributed by atoms with Gasteiger partial charge in [-0.15, -0.1) is 0 Å². The Morgan fingerprint density at radius 1 is 1.56 bits per heavy atom. The maximum Gasteiger partial charge on any atom is 0.0897 e. The van der Waals surface area contributed by atoms with Gasteiger partial charge in [-0.05, 0) is 42.9 Å². The summed E-state index contributed by atoms with van der Waals surface area (Å²) < 4.78 is 5.44. The van der Waals surface area contributed by atoms with Gasteiger partial charge < -0.3 is 15.2 Å². The number of aliphatic hydroxyl groups excluding tert-OH is 1. The van der Waals surface area contributed by atoms with Crippen molar-refractivity contribution in [2.45, 2.75) is 32.4 Å². The van der Waals surface area contributed by atoms with Gasteiger partial charge in [-0.25, -0.2) is 0 Å². The number of rotatable bonds is 8. The van der Waals surface area contributed by atoms with E-state index in [2.05, 4.69) is 17.2 Å². The topological polar surface area (TPSA) is 54.4 Å². The Morgan fingerprint density at radius 3 is 3.11 bits per heavy atom. The van der Waals surface area contributed by atoms with Crippen LogP contribution in [0, 0.1) is 12.8 Å². The van der Waals surface area contributed by atoms with E-state index < -0.39 is 6.10 Å². The predicted molar refractivity (Wildman–Crippen MR) is 70.2 cm³/mol. The standard InChI is InChI=1S/C14H22N2O2/c1-11-4-5-15-6-13(11)7-16-8-14(17)10-18-9-12-2-3-12/h4-6,12,14,16-17H,2-3,7-10H2,1H3. The molecule has 0 amide bonds. The highest BCUT2D eigenvalue weighted by Gasteiger charge is 2.21. The first-order chi connectivity index (χ1) is 8.75. The molecule has 18 heavy (non-hydrogen) atoms. The van der Waals surface area contributed by atoms with Gasteiger partial charge in [0.05, 0.1) is 12.7 Å². The molecule has 1 aromatic heterocycles. The largest absolute Gasteiger partial charge is 0.389 e. The van der Waals surface area contributed by atoms with Crippen LogP contribution in [0.1, 0.15) is 24.0 Å². The Morgan fingerprint density at radius 2 is 2.39 bits per heavy atom. The number of aryl methyl sites for hydroxylation is 1. The van der Waals surface area contributed by atoms with E-state index in [-0.39, 0.29) is 0 Å². The molecule has 1 unspecified atom stereocenters. The third-order valence-corrected chi connectivity index (χ3v) is 3.20. The molecule has 0 aromatic carbocycles. The molecular formula is C14H22N2O2. The van der Waals surface area contributed by atoms with Crippen molar-refractivity contribution in [1.29, 1.82) is 0 Å². The number of hydrogen-bond donors (Lipinski definition) is 2. The number of aromatic nitrogens is 1. The van der Waals surface area contributed by atoms with E-state index in [9.17, 15) is 5.11 Å². The lowest BCUT2D eigenvalue weighted by Gasteiger charge is -2.13. The zero-order chi connectivity index (χ0) is 12.8. The monoisotopic (exact) mass is 250 g/mol. The lowest BCUT2D eigenvalue weighted by atomic mass is 10.1. The summed E-state index contributed by atoms with van der Waals surface area (Å²) in [6.07, 6.45) is 5.79. The molecule has 1 aliphatic carbocycles. The number of hydrogen-bond acceptors (Lipinski definition) is 4. The fraction of sp³-hybridized carbons (Fsp3) is 0.643. The maximum absolute atomic E-state index is 9.73.